The molecule has 1 fully saturated rings. The van der Waals surface area contributed by atoms with Crippen molar-refractivity contribution in [3.05, 3.63) is 28.4 Å². The van der Waals surface area contributed by atoms with Gasteiger partial charge in [0.1, 0.15) is 11.5 Å². The highest BCUT2D eigenvalue weighted by Gasteiger charge is 2.15. The molecule has 1 aliphatic rings. The van der Waals surface area contributed by atoms with Crippen molar-refractivity contribution in [1.29, 1.82) is 0 Å². The third kappa shape index (κ3) is 3.38. The molecule has 2 aromatic rings. The van der Waals surface area contributed by atoms with E-state index in [0.717, 1.165) is 46.9 Å². The van der Waals surface area contributed by atoms with E-state index >= 15 is 0 Å². The minimum atomic E-state index is 0.741. The van der Waals surface area contributed by atoms with Crippen LogP contribution in [0, 0.1) is 0 Å². The molecule has 0 amide bonds. The van der Waals surface area contributed by atoms with Gasteiger partial charge in [-0.15, -0.1) is 11.3 Å². The molecule has 0 spiro atoms. The molecule has 0 unspecified atom stereocenters. The smallest absolute Gasteiger partial charge is 0.206 e. The fourth-order valence-corrected chi connectivity index (χ4v) is 3.75. The molecule has 0 atom stereocenters. The standard InChI is InChI=1S/C18H23N3O2S/c1-4-19-18-21(20-13-7-5-6-8-13)16(12-24-18)15-10-9-14(22-2)11-17(15)23-3/h9-12H,4-8H2,1-3H3. The predicted molar refractivity (Wildman–Crippen MR) is 98.3 cm³/mol. The molecule has 1 heterocycles. The largest absolute Gasteiger partial charge is 0.497 e. The average molecular weight is 345 g/mol. The van der Waals surface area contributed by atoms with Crippen molar-refractivity contribution in [2.24, 2.45) is 10.1 Å². The summed E-state index contributed by atoms with van der Waals surface area (Å²) < 4.78 is 12.8. The lowest BCUT2D eigenvalue weighted by Crippen LogP contribution is -2.14. The highest BCUT2D eigenvalue weighted by Crippen LogP contribution is 2.33. The van der Waals surface area contributed by atoms with Gasteiger partial charge in [-0.2, -0.15) is 5.10 Å². The minimum Gasteiger partial charge on any atom is -0.497 e. The fraction of sp³-hybridized carbons (Fsp3) is 0.444. The van der Waals surface area contributed by atoms with Gasteiger partial charge in [0.2, 0.25) is 4.80 Å². The molecule has 0 radical (unpaired) electrons. The number of hydrogen-bond acceptors (Lipinski definition) is 5. The molecule has 5 nitrogen and oxygen atoms in total. The number of ether oxygens (including phenoxy) is 2. The Kier molecular flexibility index (Phi) is 5.35. The van der Waals surface area contributed by atoms with Crippen LogP contribution >= 0.6 is 11.3 Å². The summed E-state index contributed by atoms with van der Waals surface area (Å²) >= 11 is 1.61. The number of aromatic nitrogens is 1. The van der Waals surface area contributed by atoms with E-state index in [1.54, 1.807) is 25.6 Å². The first-order valence-corrected chi connectivity index (χ1v) is 9.15. The maximum Gasteiger partial charge on any atom is 0.206 e. The maximum absolute atomic E-state index is 5.57. The molecule has 128 valence electrons. The van der Waals surface area contributed by atoms with Crippen molar-refractivity contribution in [3.63, 3.8) is 0 Å². The average Bonchev–Trinajstić information content (AvgIpc) is 3.26. The summed E-state index contributed by atoms with van der Waals surface area (Å²) in [5.41, 5.74) is 3.25. The zero-order valence-corrected chi connectivity index (χ0v) is 15.2. The zero-order valence-electron chi connectivity index (χ0n) is 14.4. The van der Waals surface area contributed by atoms with E-state index in [2.05, 4.69) is 10.4 Å². The van der Waals surface area contributed by atoms with Crippen LogP contribution in [-0.4, -0.2) is 31.2 Å². The quantitative estimate of drug-likeness (QED) is 0.824. The highest BCUT2D eigenvalue weighted by molar-refractivity contribution is 7.07. The van der Waals surface area contributed by atoms with E-state index in [4.69, 9.17) is 14.6 Å². The number of nitrogens with zero attached hydrogens (tertiary/aromatic N) is 3. The molecule has 1 aromatic carbocycles. The zero-order chi connectivity index (χ0) is 16.9. The third-order valence-electron chi connectivity index (χ3n) is 4.09. The van der Waals surface area contributed by atoms with Gasteiger partial charge >= 0.3 is 0 Å². The van der Waals surface area contributed by atoms with E-state index in [1.165, 1.54) is 18.6 Å². The van der Waals surface area contributed by atoms with Crippen LogP contribution in [0.4, 0.5) is 0 Å². The van der Waals surface area contributed by atoms with E-state index in [0.29, 0.717) is 0 Å². The lowest BCUT2D eigenvalue weighted by atomic mass is 10.1. The van der Waals surface area contributed by atoms with Crippen LogP contribution in [-0.2, 0) is 0 Å². The van der Waals surface area contributed by atoms with Crippen molar-refractivity contribution < 1.29 is 9.47 Å². The molecule has 0 bridgehead atoms. The lowest BCUT2D eigenvalue weighted by Gasteiger charge is -2.11. The summed E-state index contributed by atoms with van der Waals surface area (Å²) in [5.74, 6) is 1.55. The van der Waals surface area contributed by atoms with Gasteiger partial charge in [-0.3, -0.25) is 4.99 Å². The summed E-state index contributed by atoms with van der Waals surface area (Å²) in [6.07, 6.45) is 4.61. The first kappa shape index (κ1) is 16.8. The SMILES string of the molecule is CCN=c1scc(-c2ccc(OC)cc2OC)n1N=C1CCCC1. The minimum absolute atomic E-state index is 0.741. The Hall–Kier alpha value is -2.08. The molecule has 0 N–H and O–H groups in total. The molecule has 1 aliphatic carbocycles. The first-order valence-electron chi connectivity index (χ1n) is 8.27. The Morgan fingerprint density at radius 2 is 1.96 bits per heavy atom. The summed E-state index contributed by atoms with van der Waals surface area (Å²) in [4.78, 5) is 5.51. The van der Waals surface area contributed by atoms with Crippen LogP contribution in [0.3, 0.4) is 0 Å². The van der Waals surface area contributed by atoms with Crippen LogP contribution in [0.25, 0.3) is 11.3 Å². The second kappa shape index (κ2) is 7.66. The lowest BCUT2D eigenvalue weighted by molar-refractivity contribution is 0.395. The topological polar surface area (TPSA) is 48.1 Å². The number of methoxy groups -OCH3 is 2. The summed E-state index contributed by atoms with van der Waals surface area (Å²) in [6, 6.07) is 5.86. The number of hydrogen-bond donors (Lipinski definition) is 0. The van der Waals surface area contributed by atoms with Gasteiger partial charge in [0.05, 0.1) is 19.9 Å². The van der Waals surface area contributed by atoms with Crippen molar-refractivity contribution in [2.75, 3.05) is 20.8 Å². The second-order valence-electron chi connectivity index (χ2n) is 5.63. The Bertz CT molecular complexity index is 797. The van der Waals surface area contributed by atoms with Crippen LogP contribution < -0.4 is 14.3 Å². The van der Waals surface area contributed by atoms with Crippen molar-refractivity contribution in [3.8, 4) is 22.8 Å². The summed E-state index contributed by atoms with van der Waals surface area (Å²) in [7, 11) is 3.33. The van der Waals surface area contributed by atoms with Gasteiger partial charge in [-0.1, -0.05) is 0 Å². The Morgan fingerprint density at radius 3 is 2.62 bits per heavy atom. The monoisotopic (exact) mass is 345 g/mol. The van der Waals surface area contributed by atoms with Crippen LogP contribution in [0.15, 0.2) is 33.7 Å². The fourth-order valence-electron chi connectivity index (χ4n) is 2.86. The van der Waals surface area contributed by atoms with E-state index in [1.807, 2.05) is 29.8 Å². The van der Waals surface area contributed by atoms with Gasteiger partial charge in [0, 0.05) is 29.3 Å². The molecule has 24 heavy (non-hydrogen) atoms. The first-order chi connectivity index (χ1) is 11.8. The highest BCUT2D eigenvalue weighted by atomic mass is 32.1. The molecule has 0 saturated heterocycles. The van der Waals surface area contributed by atoms with Gasteiger partial charge in [0.15, 0.2) is 0 Å². The second-order valence-corrected chi connectivity index (χ2v) is 6.47. The number of benzene rings is 1. The number of thiazole rings is 1. The van der Waals surface area contributed by atoms with Crippen LogP contribution in [0.5, 0.6) is 11.5 Å². The summed E-state index contributed by atoms with van der Waals surface area (Å²) in [6.45, 7) is 2.78. The van der Waals surface area contributed by atoms with Crippen molar-refractivity contribution >= 4 is 17.0 Å². The van der Waals surface area contributed by atoms with Crippen molar-refractivity contribution in [2.45, 2.75) is 32.6 Å². The molecule has 1 saturated carbocycles. The Labute approximate surface area is 146 Å². The van der Waals surface area contributed by atoms with Gasteiger partial charge in [0.25, 0.3) is 0 Å². The van der Waals surface area contributed by atoms with Gasteiger partial charge in [-0.05, 0) is 44.7 Å². The Morgan fingerprint density at radius 1 is 1.17 bits per heavy atom. The summed E-state index contributed by atoms with van der Waals surface area (Å²) in [5, 5.41) is 6.99. The predicted octanol–water partition coefficient (Wildman–Crippen LogP) is 3.93. The molecule has 0 aliphatic heterocycles. The number of rotatable bonds is 5. The van der Waals surface area contributed by atoms with Gasteiger partial charge in [-0.25, -0.2) is 4.68 Å². The normalized spacial score (nSPS) is 15.0. The molecular formula is C18H23N3O2S. The van der Waals surface area contributed by atoms with E-state index in [-0.39, 0.29) is 0 Å². The van der Waals surface area contributed by atoms with Gasteiger partial charge < -0.3 is 9.47 Å². The third-order valence-corrected chi connectivity index (χ3v) is 4.94. The maximum atomic E-state index is 5.57. The van der Waals surface area contributed by atoms with Crippen LogP contribution in [0.1, 0.15) is 32.6 Å². The van der Waals surface area contributed by atoms with E-state index in [9.17, 15) is 0 Å². The molecule has 1 aromatic heterocycles. The van der Waals surface area contributed by atoms with E-state index < -0.39 is 0 Å². The molecular weight excluding hydrogens is 322 g/mol. The molecule has 6 heteroatoms. The van der Waals surface area contributed by atoms with Crippen LogP contribution in [0.2, 0.25) is 0 Å². The Balaban J connectivity index is 2.15. The molecule has 3 rings (SSSR count). The van der Waals surface area contributed by atoms with Crippen molar-refractivity contribution in [1.82, 2.24) is 4.68 Å².